The maximum absolute atomic E-state index is 13.5. The minimum atomic E-state index is -3.98. The highest BCUT2D eigenvalue weighted by Gasteiger charge is 2.21. The van der Waals surface area contributed by atoms with Crippen molar-refractivity contribution in [2.45, 2.75) is 11.5 Å². The summed E-state index contributed by atoms with van der Waals surface area (Å²) in [6.07, 6.45) is 0. The third-order valence-corrected chi connectivity index (χ3v) is 6.44. The first kappa shape index (κ1) is 23.7. The fraction of sp³-hybridized carbons (Fsp3) is 0.0769. The number of nitrogens with one attached hydrogen (secondary N) is 1. The van der Waals surface area contributed by atoms with Crippen LogP contribution in [0.25, 0.3) is 11.3 Å². The Balaban J connectivity index is 1.74. The summed E-state index contributed by atoms with van der Waals surface area (Å²) in [5, 5.41) is 9.71. The summed E-state index contributed by atoms with van der Waals surface area (Å²) in [4.78, 5) is 4.50. The zero-order valence-corrected chi connectivity index (χ0v) is 19.4. The molecule has 0 fully saturated rings. The largest absolute Gasteiger partial charge is 0.497 e. The standard InChI is InChI=1S/C26H20FN3O4S/c1-33-22-13-7-18(8-14-22)17-34-26-20(16-28)15-24(25(29-26)19-9-11-21(27)12-10-19)30-35(31,32)23-5-3-2-4-6-23/h2-15,30H,17H2,1H3. The Labute approximate surface area is 202 Å². The van der Waals surface area contributed by atoms with E-state index in [9.17, 15) is 18.1 Å². The average Bonchev–Trinajstić information content (AvgIpc) is 2.89. The highest BCUT2D eigenvalue weighted by molar-refractivity contribution is 7.92. The molecule has 4 aromatic rings. The third-order valence-electron chi connectivity index (χ3n) is 5.06. The van der Waals surface area contributed by atoms with Crippen molar-refractivity contribution in [1.82, 2.24) is 4.98 Å². The van der Waals surface area contributed by atoms with Gasteiger partial charge in [-0.25, -0.2) is 17.8 Å². The number of benzene rings is 3. The molecule has 0 spiro atoms. The number of rotatable bonds is 8. The number of hydrogen-bond donors (Lipinski definition) is 1. The first-order valence-corrected chi connectivity index (χ1v) is 11.9. The maximum atomic E-state index is 13.5. The van der Waals surface area contributed by atoms with Crippen LogP contribution in [0.4, 0.5) is 10.1 Å². The van der Waals surface area contributed by atoms with Gasteiger partial charge in [-0.05, 0) is 60.2 Å². The molecule has 0 saturated carbocycles. The van der Waals surface area contributed by atoms with Gasteiger partial charge in [0, 0.05) is 5.56 Å². The van der Waals surface area contributed by atoms with E-state index >= 15 is 0 Å². The van der Waals surface area contributed by atoms with E-state index in [1.54, 1.807) is 37.4 Å². The Kier molecular flexibility index (Phi) is 6.94. The van der Waals surface area contributed by atoms with Crippen molar-refractivity contribution in [3.8, 4) is 29.0 Å². The van der Waals surface area contributed by atoms with Gasteiger partial charge in [-0.2, -0.15) is 5.26 Å². The first-order valence-electron chi connectivity index (χ1n) is 10.4. The number of aromatic nitrogens is 1. The molecule has 0 bridgehead atoms. The van der Waals surface area contributed by atoms with Crippen LogP contribution in [0.3, 0.4) is 0 Å². The van der Waals surface area contributed by atoms with E-state index < -0.39 is 15.8 Å². The van der Waals surface area contributed by atoms with E-state index in [0.29, 0.717) is 11.3 Å². The summed E-state index contributed by atoms with van der Waals surface area (Å²) in [7, 11) is -2.41. The molecule has 0 aliphatic heterocycles. The Morgan fingerprint density at radius 2 is 1.69 bits per heavy atom. The van der Waals surface area contributed by atoms with Gasteiger partial charge in [0.05, 0.1) is 23.4 Å². The number of hydrogen-bond acceptors (Lipinski definition) is 6. The molecule has 0 amide bonds. The van der Waals surface area contributed by atoms with E-state index in [1.807, 2.05) is 18.2 Å². The number of halogens is 1. The molecule has 1 heterocycles. The van der Waals surface area contributed by atoms with E-state index in [2.05, 4.69) is 9.71 Å². The summed E-state index contributed by atoms with van der Waals surface area (Å²) >= 11 is 0. The lowest BCUT2D eigenvalue weighted by molar-refractivity contribution is 0.293. The predicted octanol–water partition coefficient (Wildman–Crippen LogP) is 5.15. The smallest absolute Gasteiger partial charge is 0.261 e. The molecule has 0 aliphatic rings. The van der Waals surface area contributed by atoms with E-state index in [1.165, 1.54) is 42.5 Å². The Hall–Kier alpha value is -4.42. The lowest BCUT2D eigenvalue weighted by atomic mass is 10.1. The van der Waals surface area contributed by atoms with Crippen molar-refractivity contribution < 1.29 is 22.3 Å². The van der Waals surface area contributed by atoms with E-state index in [0.717, 1.165) is 5.56 Å². The Bertz CT molecular complexity index is 1470. The third kappa shape index (κ3) is 5.57. The second kappa shape index (κ2) is 10.2. The molecule has 35 heavy (non-hydrogen) atoms. The van der Waals surface area contributed by atoms with Crippen molar-refractivity contribution in [2.24, 2.45) is 0 Å². The number of nitrogens with zero attached hydrogens (tertiary/aromatic N) is 2. The number of sulfonamides is 1. The van der Waals surface area contributed by atoms with E-state index in [-0.39, 0.29) is 34.3 Å². The minimum Gasteiger partial charge on any atom is -0.497 e. The van der Waals surface area contributed by atoms with Crippen molar-refractivity contribution in [3.05, 3.63) is 102 Å². The lowest BCUT2D eigenvalue weighted by Crippen LogP contribution is -2.14. The maximum Gasteiger partial charge on any atom is 0.261 e. The Morgan fingerprint density at radius 3 is 2.31 bits per heavy atom. The molecule has 0 unspecified atom stereocenters. The number of pyridine rings is 1. The van der Waals surface area contributed by atoms with Crippen LogP contribution in [-0.2, 0) is 16.6 Å². The van der Waals surface area contributed by atoms with Gasteiger partial charge < -0.3 is 9.47 Å². The SMILES string of the molecule is COc1ccc(COc2nc(-c3ccc(F)cc3)c(NS(=O)(=O)c3ccccc3)cc2C#N)cc1. The molecular formula is C26H20FN3O4S. The second-order valence-electron chi connectivity index (χ2n) is 7.41. The zero-order chi connectivity index (χ0) is 24.8. The van der Waals surface area contributed by atoms with Crippen molar-refractivity contribution >= 4 is 15.7 Å². The van der Waals surface area contributed by atoms with Crippen molar-refractivity contribution in [2.75, 3.05) is 11.8 Å². The number of anilines is 1. The summed E-state index contributed by atoms with van der Waals surface area (Å²) in [5.41, 5.74) is 1.54. The zero-order valence-electron chi connectivity index (χ0n) is 18.6. The molecule has 1 N–H and O–H groups in total. The van der Waals surface area contributed by atoms with Crippen molar-refractivity contribution in [1.29, 1.82) is 5.26 Å². The molecular weight excluding hydrogens is 469 g/mol. The van der Waals surface area contributed by atoms with Gasteiger partial charge in [-0.1, -0.05) is 30.3 Å². The topological polar surface area (TPSA) is 101 Å². The van der Waals surface area contributed by atoms with Gasteiger partial charge in [-0.15, -0.1) is 0 Å². The van der Waals surface area contributed by atoms with Gasteiger partial charge in [0.2, 0.25) is 5.88 Å². The Morgan fingerprint density at radius 1 is 1.00 bits per heavy atom. The van der Waals surface area contributed by atoms with Crippen LogP contribution in [0.15, 0.2) is 89.8 Å². The summed E-state index contributed by atoms with van der Waals surface area (Å²) in [6.45, 7) is 0.115. The predicted molar refractivity (Wildman–Crippen MR) is 129 cm³/mol. The summed E-state index contributed by atoms with van der Waals surface area (Å²) < 4.78 is 52.9. The number of methoxy groups -OCH3 is 1. The molecule has 7 nitrogen and oxygen atoms in total. The molecule has 1 aromatic heterocycles. The average molecular weight is 490 g/mol. The van der Waals surface area contributed by atoms with Crippen LogP contribution in [0.1, 0.15) is 11.1 Å². The van der Waals surface area contributed by atoms with Crippen LogP contribution >= 0.6 is 0 Å². The molecule has 0 saturated heterocycles. The van der Waals surface area contributed by atoms with Gasteiger partial charge in [0.15, 0.2) is 0 Å². The van der Waals surface area contributed by atoms with E-state index in [4.69, 9.17) is 9.47 Å². The molecule has 9 heteroatoms. The second-order valence-corrected chi connectivity index (χ2v) is 9.09. The molecule has 0 atom stereocenters. The van der Waals surface area contributed by atoms with Gasteiger partial charge in [0.1, 0.15) is 29.8 Å². The van der Waals surface area contributed by atoms with Crippen molar-refractivity contribution in [3.63, 3.8) is 0 Å². The number of ether oxygens (including phenoxy) is 2. The highest BCUT2D eigenvalue weighted by Crippen LogP contribution is 2.33. The van der Waals surface area contributed by atoms with Crippen LogP contribution in [0, 0.1) is 17.1 Å². The van der Waals surface area contributed by atoms with Gasteiger partial charge in [0.25, 0.3) is 10.0 Å². The van der Waals surface area contributed by atoms with Gasteiger partial charge >= 0.3 is 0 Å². The first-order chi connectivity index (χ1) is 16.9. The molecule has 4 rings (SSSR count). The monoisotopic (exact) mass is 489 g/mol. The normalized spacial score (nSPS) is 10.9. The van der Waals surface area contributed by atoms with Crippen LogP contribution in [-0.4, -0.2) is 20.5 Å². The van der Waals surface area contributed by atoms with Crippen LogP contribution < -0.4 is 14.2 Å². The van der Waals surface area contributed by atoms with Crippen LogP contribution in [0.2, 0.25) is 0 Å². The highest BCUT2D eigenvalue weighted by atomic mass is 32.2. The molecule has 3 aromatic carbocycles. The molecule has 0 radical (unpaired) electrons. The lowest BCUT2D eigenvalue weighted by Gasteiger charge is -2.15. The minimum absolute atomic E-state index is 0.0188. The molecule has 0 aliphatic carbocycles. The quantitative estimate of drug-likeness (QED) is 0.367. The summed E-state index contributed by atoms with van der Waals surface area (Å²) in [5.74, 6) is 0.258. The van der Waals surface area contributed by atoms with Crippen LogP contribution in [0.5, 0.6) is 11.6 Å². The fourth-order valence-corrected chi connectivity index (χ4v) is 4.35. The molecule has 176 valence electrons. The number of nitriles is 1. The van der Waals surface area contributed by atoms with Gasteiger partial charge in [-0.3, -0.25) is 4.72 Å². The fourth-order valence-electron chi connectivity index (χ4n) is 3.27. The summed E-state index contributed by atoms with van der Waals surface area (Å²) in [6, 6.07) is 23.8.